The van der Waals surface area contributed by atoms with E-state index in [2.05, 4.69) is 55.3 Å². The summed E-state index contributed by atoms with van der Waals surface area (Å²) in [5.74, 6) is -0.0997. The molecule has 1 aliphatic carbocycles. The number of nitrogens with zero attached hydrogens (tertiary/aromatic N) is 1. The molecule has 5 rings (SSSR count). The zero-order valence-electron chi connectivity index (χ0n) is 19.0. The van der Waals surface area contributed by atoms with Crippen molar-refractivity contribution in [3.63, 3.8) is 0 Å². The van der Waals surface area contributed by atoms with Gasteiger partial charge in [0.2, 0.25) is 0 Å². The first-order chi connectivity index (χ1) is 15.7. The Balaban J connectivity index is 1.22. The molecule has 33 heavy (non-hydrogen) atoms. The number of aromatic amines is 1. The van der Waals surface area contributed by atoms with Crippen LogP contribution in [0.1, 0.15) is 44.9 Å². The normalized spacial score (nSPS) is 19.2. The molecule has 1 aromatic heterocycles. The second kappa shape index (κ2) is 8.88. The number of H-pyrrole nitrogens is 1. The van der Waals surface area contributed by atoms with Crippen LogP contribution in [0, 0.1) is 5.41 Å². The second-order valence-electron chi connectivity index (χ2n) is 9.76. The van der Waals surface area contributed by atoms with Gasteiger partial charge in [-0.2, -0.15) is 0 Å². The number of aromatic nitrogens is 1. The summed E-state index contributed by atoms with van der Waals surface area (Å²) in [5.41, 5.74) is 4.05. The van der Waals surface area contributed by atoms with Crippen LogP contribution < -0.4 is 26.5 Å². The van der Waals surface area contributed by atoms with Gasteiger partial charge >= 0.3 is 216 Å². The minimum atomic E-state index is -0.697. The topological polar surface area (TPSA) is 65.2 Å². The molecule has 174 valence electrons. The van der Waals surface area contributed by atoms with E-state index in [-0.39, 0.29) is 20.7 Å². The summed E-state index contributed by atoms with van der Waals surface area (Å²) < 4.78 is 2.75. The summed E-state index contributed by atoms with van der Waals surface area (Å²) in [7, 11) is 0. The fraction of sp³-hybridized carbons (Fsp3) is 0.346. The van der Waals surface area contributed by atoms with Crippen LogP contribution in [0.2, 0.25) is 0 Å². The number of hydrogen-bond acceptors (Lipinski definition) is 3. The molecule has 0 bridgehead atoms. The van der Waals surface area contributed by atoms with E-state index in [0.29, 0.717) is 0 Å². The first-order valence-electron chi connectivity index (χ1n) is 11.1. The van der Waals surface area contributed by atoms with E-state index in [0.717, 1.165) is 23.7 Å². The Kier molecular flexibility index (Phi) is 6.24. The average Bonchev–Trinajstić information content (AvgIpc) is 3.49. The van der Waals surface area contributed by atoms with Gasteiger partial charge in [-0.05, 0) is 0 Å². The van der Waals surface area contributed by atoms with E-state index < -0.39 is 41.9 Å². The zero-order valence-corrected chi connectivity index (χ0v) is 23.4. The molecule has 0 atom stereocenters. The first-order valence-corrected chi connectivity index (χ1v) is 15.9. The van der Waals surface area contributed by atoms with Crippen LogP contribution >= 0.6 is 20.7 Å². The molecule has 1 fully saturated rings. The third kappa shape index (κ3) is 4.81. The number of carbonyl (C=O) groups excluding carboxylic acids is 2. The Bertz CT molecular complexity index is 1260. The van der Waals surface area contributed by atoms with E-state index in [1.165, 1.54) is 29.5 Å². The predicted molar refractivity (Wildman–Crippen MR) is 138 cm³/mol. The molecule has 1 saturated carbocycles. The van der Waals surface area contributed by atoms with E-state index in [1.54, 1.807) is 17.2 Å². The Hall–Kier alpha value is -1.59. The Morgan fingerprint density at radius 1 is 1.24 bits per heavy atom. The summed E-state index contributed by atoms with van der Waals surface area (Å²) in [6.07, 6.45) is 11.6. The van der Waals surface area contributed by atoms with Crippen molar-refractivity contribution < 1.29 is 30.8 Å². The third-order valence-electron chi connectivity index (χ3n) is 6.57. The van der Waals surface area contributed by atoms with Crippen LogP contribution in [-0.4, -0.2) is 28.8 Å². The van der Waals surface area contributed by atoms with Gasteiger partial charge in [0.1, 0.15) is 0 Å². The maximum absolute atomic E-state index is 12.9. The number of benzene rings is 1. The van der Waals surface area contributed by atoms with Crippen molar-refractivity contribution in [3.8, 4) is 0 Å². The van der Waals surface area contributed by atoms with Crippen LogP contribution in [0.4, 0.5) is 0 Å². The van der Waals surface area contributed by atoms with Crippen LogP contribution in [0.3, 0.4) is 0 Å². The van der Waals surface area contributed by atoms with E-state index in [9.17, 15) is 9.59 Å². The molecule has 7 heteroatoms. The third-order valence-corrected chi connectivity index (χ3v) is 13.0. The predicted octanol–water partition coefficient (Wildman–Crippen LogP) is 1.86. The van der Waals surface area contributed by atoms with Crippen molar-refractivity contribution >= 4 is 45.0 Å². The quantitative estimate of drug-likeness (QED) is 0.269. The fourth-order valence-corrected chi connectivity index (χ4v) is 9.98. The van der Waals surface area contributed by atoms with Crippen LogP contribution in [0.5, 0.6) is 0 Å². The fourth-order valence-electron chi connectivity index (χ4n) is 4.28. The number of amides is 1. The molecule has 0 unspecified atom stereocenters. The minimum absolute atomic E-state index is 0.0997. The van der Waals surface area contributed by atoms with Gasteiger partial charge in [0, 0.05) is 0 Å². The van der Waals surface area contributed by atoms with Crippen molar-refractivity contribution in [1.82, 2.24) is 15.2 Å². The average molecular weight is 668 g/mol. The summed E-state index contributed by atoms with van der Waals surface area (Å²) in [5, 5.41) is 5.00. The molecule has 0 spiro atoms. The molecule has 2 aromatic rings. The van der Waals surface area contributed by atoms with E-state index in [4.69, 9.17) is 0 Å². The van der Waals surface area contributed by atoms with Gasteiger partial charge in [0.05, 0.1) is 0 Å². The van der Waals surface area contributed by atoms with Gasteiger partial charge in [-0.1, -0.05) is 0 Å². The Morgan fingerprint density at radius 2 is 2.06 bits per heavy atom. The van der Waals surface area contributed by atoms with Crippen LogP contribution in [-0.2, 0) is 20.6 Å². The van der Waals surface area contributed by atoms with Gasteiger partial charge in [-0.3, -0.25) is 0 Å². The van der Waals surface area contributed by atoms with Gasteiger partial charge < -0.3 is 0 Å². The number of alkyl halides is 1. The molecular weight excluding hydrogens is 640 g/mol. The van der Waals surface area contributed by atoms with Crippen molar-refractivity contribution in [3.05, 3.63) is 69.6 Å². The molecule has 2 aliphatic heterocycles. The Labute approximate surface area is 214 Å². The molecule has 2 N–H and O–H groups in total. The van der Waals surface area contributed by atoms with Gasteiger partial charge in [-0.15, -0.1) is 0 Å². The molecular formula is C26H28I2N3O2-. The second-order valence-corrected chi connectivity index (χ2v) is 15.1. The van der Waals surface area contributed by atoms with Crippen LogP contribution in [0.25, 0.3) is 10.9 Å². The monoisotopic (exact) mass is 668 g/mol. The number of carbonyl (C=O) groups is 2. The van der Waals surface area contributed by atoms with Crippen molar-refractivity contribution in [1.29, 1.82) is 0 Å². The van der Waals surface area contributed by atoms with E-state index in [1.807, 2.05) is 18.2 Å². The number of fused-ring (bicyclic) bond motifs is 2. The molecule has 1 aromatic carbocycles. The maximum atomic E-state index is 12.9. The number of rotatable bonds is 7. The van der Waals surface area contributed by atoms with Gasteiger partial charge in [0.25, 0.3) is 0 Å². The molecule has 0 saturated heterocycles. The van der Waals surface area contributed by atoms with Crippen LogP contribution in [0.15, 0.2) is 58.3 Å². The molecule has 1 amide bonds. The van der Waals surface area contributed by atoms with Crippen molar-refractivity contribution in [2.75, 3.05) is 0 Å². The number of nitrogens with one attached hydrogen (secondary N) is 2. The summed E-state index contributed by atoms with van der Waals surface area (Å²) in [4.78, 5) is 30.5. The van der Waals surface area contributed by atoms with Crippen molar-refractivity contribution in [2.45, 2.75) is 50.1 Å². The van der Waals surface area contributed by atoms with Gasteiger partial charge in [-0.25, -0.2) is 0 Å². The molecule has 3 aliphatic rings. The number of halogens is 2. The summed E-state index contributed by atoms with van der Waals surface area (Å²) in [6.45, 7) is 7.78. The first kappa shape index (κ1) is 23.2. The molecule has 0 radical (unpaired) electrons. The zero-order chi connectivity index (χ0) is 23.2. The molecule has 3 heterocycles. The summed E-state index contributed by atoms with van der Waals surface area (Å²) >= 11 is -1.29. The SMILES string of the molecule is CC(C)(C)C1(NCc2cc3ccc(C[I-]C(=O)C4=CC(=O)N5C=CC=CC5=I4)cc3[nH]2)CC1. The van der Waals surface area contributed by atoms with E-state index >= 15 is 0 Å². The molecule has 5 nitrogen and oxygen atoms in total. The number of allylic oxidation sites excluding steroid dienone is 3. The van der Waals surface area contributed by atoms with Gasteiger partial charge in [0.15, 0.2) is 0 Å². The Morgan fingerprint density at radius 3 is 2.82 bits per heavy atom. The standard InChI is InChI=1S/C26H28I2N3O2/c1-25(2,3)26(9-10-26)29-16-19-13-18-8-7-17(12-21(18)30-19)15-27-24(33)20-14-23(32)31-11-5-4-6-22(31)28-20/h4-8,11-14,29-30H,9-10,15-16H2,1-3H3/q-1. The van der Waals surface area contributed by atoms with Crippen molar-refractivity contribution in [2.24, 2.45) is 5.41 Å². The number of hydrogen-bond donors (Lipinski definition) is 2. The summed E-state index contributed by atoms with van der Waals surface area (Å²) in [6, 6.07) is 8.70.